The van der Waals surface area contributed by atoms with Gasteiger partial charge in [-0.15, -0.1) is 0 Å². The van der Waals surface area contributed by atoms with E-state index in [1.165, 1.54) is 50.7 Å². The second-order valence-corrected chi connectivity index (χ2v) is 5.66. The predicted octanol–water partition coefficient (Wildman–Crippen LogP) is 5.20. The van der Waals surface area contributed by atoms with Gasteiger partial charge in [0.25, 0.3) is 0 Å². The maximum Gasteiger partial charge on any atom is 0.123 e. The fraction of sp³-hybridized carbons (Fsp3) is 0.647. The molecule has 106 valence electrons. The Morgan fingerprint density at radius 3 is 2.47 bits per heavy atom. The van der Waals surface area contributed by atoms with E-state index < -0.39 is 0 Å². The van der Waals surface area contributed by atoms with Gasteiger partial charge in [0.15, 0.2) is 0 Å². The van der Waals surface area contributed by atoms with E-state index in [9.17, 15) is 4.39 Å². The summed E-state index contributed by atoms with van der Waals surface area (Å²) >= 11 is 0. The van der Waals surface area contributed by atoms with Crippen LogP contribution in [0.3, 0.4) is 0 Å². The van der Waals surface area contributed by atoms with Crippen molar-refractivity contribution in [1.29, 1.82) is 0 Å². The summed E-state index contributed by atoms with van der Waals surface area (Å²) in [6.45, 7) is 3.07. The van der Waals surface area contributed by atoms with E-state index in [4.69, 9.17) is 4.74 Å². The summed E-state index contributed by atoms with van der Waals surface area (Å²) in [4.78, 5) is 0. The van der Waals surface area contributed by atoms with Gasteiger partial charge in [0.2, 0.25) is 0 Å². The quantitative estimate of drug-likeness (QED) is 0.641. The van der Waals surface area contributed by atoms with Gasteiger partial charge in [-0.1, -0.05) is 39.0 Å². The lowest BCUT2D eigenvalue weighted by molar-refractivity contribution is 0.199. The molecule has 2 heteroatoms. The molecule has 0 radical (unpaired) electrons. The molecule has 1 aliphatic rings. The van der Waals surface area contributed by atoms with Crippen LogP contribution in [0.25, 0.3) is 0 Å². The van der Waals surface area contributed by atoms with E-state index in [1.54, 1.807) is 12.1 Å². The Bertz CT molecular complexity index is 360. The zero-order chi connectivity index (χ0) is 13.5. The maximum atomic E-state index is 12.7. The van der Waals surface area contributed by atoms with Crippen LogP contribution in [0.5, 0.6) is 5.75 Å². The lowest BCUT2D eigenvalue weighted by atomic mass is 9.76. The van der Waals surface area contributed by atoms with Crippen molar-refractivity contribution in [1.82, 2.24) is 0 Å². The molecule has 2 atom stereocenters. The summed E-state index contributed by atoms with van der Waals surface area (Å²) in [5, 5.41) is 0. The van der Waals surface area contributed by atoms with Crippen LogP contribution in [0, 0.1) is 17.7 Å². The molecule has 1 aromatic carbocycles. The lowest BCUT2D eigenvalue weighted by Gasteiger charge is -2.30. The highest BCUT2D eigenvalue weighted by Crippen LogP contribution is 2.35. The second-order valence-electron chi connectivity index (χ2n) is 5.66. The Labute approximate surface area is 116 Å². The molecule has 1 nitrogen and oxygen atoms in total. The molecule has 1 saturated carbocycles. The first-order valence-electron chi connectivity index (χ1n) is 7.68. The molecule has 0 N–H and O–H groups in total. The monoisotopic (exact) mass is 264 g/mol. The average molecular weight is 264 g/mol. The van der Waals surface area contributed by atoms with Crippen LogP contribution in [0.1, 0.15) is 51.9 Å². The highest BCUT2D eigenvalue weighted by Gasteiger charge is 2.22. The average Bonchev–Trinajstić information content (AvgIpc) is 2.46. The van der Waals surface area contributed by atoms with Crippen LogP contribution in [-0.4, -0.2) is 6.61 Å². The van der Waals surface area contributed by atoms with Gasteiger partial charge in [-0.3, -0.25) is 0 Å². The Balaban J connectivity index is 1.67. The number of ether oxygens (including phenoxy) is 1. The molecular weight excluding hydrogens is 239 g/mol. The Hall–Kier alpha value is -1.05. The van der Waals surface area contributed by atoms with Crippen LogP contribution in [0.15, 0.2) is 24.3 Å². The fourth-order valence-corrected chi connectivity index (χ4v) is 3.27. The Morgan fingerprint density at radius 2 is 1.79 bits per heavy atom. The minimum atomic E-state index is -0.208. The van der Waals surface area contributed by atoms with E-state index in [2.05, 4.69) is 6.92 Å². The summed E-state index contributed by atoms with van der Waals surface area (Å²) in [7, 11) is 0. The van der Waals surface area contributed by atoms with Crippen molar-refractivity contribution in [2.45, 2.75) is 51.9 Å². The zero-order valence-corrected chi connectivity index (χ0v) is 11.9. The van der Waals surface area contributed by atoms with Crippen molar-refractivity contribution < 1.29 is 9.13 Å². The van der Waals surface area contributed by atoms with E-state index >= 15 is 0 Å². The molecule has 2 unspecified atom stereocenters. The predicted molar refractivity (Wildman–Crippen MR) is 76.9 cm³/mol. The van der Waals surface area contributed by atoms with E-state index in [1.807, 2.05) is 0 Å². The summed E-state index contributed by atoms with van der Waals surface area (Å²) in [5.41, 5.74) is 0. The van der Waals surface area contributed by atoms with Gasteiger partial charge in [0.1, 0.15) is 11.6 Å². The van der Waals surface area contributed by atoms with Gasteiger partial charge in [0.05, 0.1) is 6.61 Å². The van der Waals surface area contributed by atoms with Crippen molar-refractivity contribution in [2.24, 2.45) is 11.8 Å². The summed E-state index contributed by atoms with van der Waals surface area (Å²) in [6, 6.07) is 6.29. The van der Waals surface area contributed by atoms with Crippen molar-refractivity contribution >= 4 is 0 Å². The first-order chi connectivity index (χ1) is 9.29. The van der Waals surface area contributed by atoms with Gasteiger partial charge < -0.3 is 4.74 Å². The summed E-state index contributed by atoms with van der Waals surface area (Å²) in [6.07, 6.45) is 9.35. The first kappa shape index (κ1) is 14.4. The molecular formula is C17H25FO. The molecule has 0 amide bonds. The topological polar surface area (TPSA) is 9.23 Å². The van der Waals surface area contributed by atoms with Crippen molar-refractivity contribution in [2.75, 3.05) is 6.61 Å². The minimum absolute atomic E-state index is 0.208. The number of rotatable bonds is 6. The number of hydrogen-bond acceptors (Lipinski definition) is 1. The molecule has 19 heavy (non-hydrogen) atoms. The van der Waals surface area contributed by atoms with E-state index in [-0.39, 0.29) is 5.82 Å². The van der Waals surface area contributed by atoms with Gasteiger partial charge in [-0.25, -0.2) is 4.39 Å². The molecule has 0 saturated heterocycles. The SMILES string of the molecule is CCC1CCCCC1CCCOc1ccc(F)cc1. The van der Waals surface area contributed by atoms with Crippen molar-refractivity contribution in [3.63, 3.8) is 0 Å². The van der Waals surface area contributed by atoms with Crippen molar-refractivity contribution in [3.8, 4) is 5.75 Å². The molecule has 0 aliphatic heterocycles. The third-order valence-corrected chi connectivity index (χ3v) is 4.39. The van der Waals surface area contributed by atoms with Crippen LogP contribution >= 0.6 is 0 Å². The van der Waals surface area contributed by atoms with Gasteiger partial charge in [-0.05, 0) is 48.9 Å². The Kier molecular flexibility index (Phi) is 5.68. The largest absolute Gasteiger partial charge is 0.494 e. The summed E-state index contributed by atoms with van der Waals surface area (Å²) in [5.74, 6) is 2.40. The van der Waals surface area contributed by atoms with E-state index in [0.717, 1.165) is 30.6 Å². The normalized spacial score (nSPS) is 23.3. The van der Waals surface area contributed by atoms with Gasteiger partial charge >= 0.3 is 0 Å². The van der Waals surface area contributed by atoms with Crippen LogP contribution in [0.2, 0.25) is 0 Å². The molecule has 1 aliphatic carbocycles. The maximum absolute atomic E-state index is 12.7. The molecule has 0 heterocycles. The summed E-state index contributed by atoms with van der Waals surface area (Å²) < 4.78 is 18.4. The fourth-order valence-electron chi connectivity index (χ4n) is 3.27. The number of benzene rings is 1. The second kappa shape index (κ2) is 7.52. The highest BCUT2D eigenvalue weighted by molar-refractivity contribution is 5.21. The van der Waals surface area contributed by atoms with E-state index in [0.29, 0.717) is 0 Å². The lowest BCUT2D eigenvalue weighted by Crippen LogP contribution is -2.19. The first-order valence-corrected chi connectivity index (χ1v) is 7.68. The molecule has 0 bridgehead atoms. The smallest absolute Gasteiger partial charge is 0.123 e. The van der Waals surface area contributed by atoms with Crippen LogP contribution in [-0.2, 0) is 0 Å². The van der Waals surface area contributed by atoms with Crippen LogP contribution < -0.4 is 4.74 Å². The molecule has 0 spiro atoms. The number of hydrogen-bond donors (Lipinski definition) is 0. The number of halogens is 1. The third-order valence-electron chi connectivity index (χ3n) is 4.39. The highest BCUT2D eigenvalue weighted by atomic mass is 19.1. The third kappa shape index (κ3) is 4.52. The standard InChI is InChI=1S/C17H25FO/c1-2-14-6-3-4-7-15(14)8-5-13-19-17-11-9-16(18)10-12-17/h9-12,14-15H,2-8,13H2,1H3. The zero-order valence-electron chi connectivity index (χ0n) is 11.9. The Morgan fingerprint density at radius 1 is 1.11 bits per heavy atom. The molecule has 0 aromatic heterocycles. The van der Waals surface area contributed by atoms with Gasteiger partial charge in [-0.2, -0.15) is 0 Å². The molecule has 1 aromatic rings. The van der Waals surface area contributed by atoms with Crippen LogP contribution in [0.4, 0.5) is 4.39 Å². The molecule has 2 rings (SSSR count). The van der Waals surface area contributed by atoms with Crippen molar-refractivity contribution in [3.05, 3.63) is 30.1 Å². The molecule has 1 fully saturated rings. The minimum Gasteiger partial charge on any atom is -0.494 e. The van der Waals surface area contributed by atoms with Gasteiger partial charge in [0, 0.05) is 0 Å².